The molecule has 5 heteroatoms. The van der Waals surface area contributed by atoms with E-state index in [4.69, 9.17) is 4.74 Å². The van der Waals surface area contributed by atoms with E-state index in [0.717, 1.165) is 18.4 Å². The first-order valence-electron chi connectivity index (χ1n) is 8.61. The van der Waals surface area contributed by atoms with Crippen LogP contribution < -0.4 is 15.4 Å². The molecule has 0 radical (unpaired) electrons. The molecule has 0 unspecified atom stereocenters. The number of hydrogen-bond donors (Lipinski definition) is 3. The molecule has 1 aliphatic carbocycles. The van der Waals surface area contributed by atoms with Crippen LogP contribution in [0.25, 0.3) is 0 Å². The van der Waals surface area contributed by atoms with E-state index in [1.54, 1.807) is 0 Å². The van der Waals surface area contributed by atoms with Crippen LogP contribution in [0, 0.1) is 6.92 Å². The van der Waals surface area contributed by atoms with Gasteiger partial charge < -0.3 is 20.5 Å². The maximum atomic E-state index is 12.1. The monoisotopic (exact) mass is 340 g/mol. The Hall–Kier alpha value is -2.53. The molecule has 2 atom stereocenters. The van der Waals surface area contributed by atoms with E-state index in [-0.39, 0.29) is 25.2 Å². The van der Waals surface area contributed by atoms with Gasteiger partial charge in [-0.05, 0) is 48.6 Å². The van der Waals surface area contributed by atoms with Crippen molar-refractivity contribution in [3.05, 3.63) is 65.2 Å². The number of hydrogen-bond acceptors (Lipinski definition) is 3. The van der Waals surface area contributed by atoms with Crippen LogP contribution in [0.5, 0.6) is 5.75 Å². The van der Waals surface area contributed by atoms with Crippen molar-refractivity contribution in [1.29, 1.82) is 0 Å². The molecule has 3 rings (SSSR count). The van der Waals surface area contributed by atoms with Crippen LogP contribution in [0.15, 0.2) is 48.5 Å². The van der Waals surface area contributed by atoms with Gasteiger partial charge in [-0.15, -0.1) is 0 Å². The lowest BCUT2D eigenvalue weighted by atomic mass is 10.1. The second-order valence-corrected chi connectivity index (χ2v) is 6.43. The van der Waals surface area contributed by atoms with Gasteiger partial charge in [0, 0.05) is 6.54 Å². The first-order chi connectivity index (χ1) is 12.1. The van der Waals surface area contributed by atoms with Crippen molar-refractivity contribution in [3.8, 4) is 5.75 Å². The third-order valence-corrected chi connectivity index (χ3v) is 4.37. The van der Waals surface area contributed by atoms with Gasteiger partial charge in [-0.1, -0.05) is 36.4 Å². The van der Waals surface area contributed by atoms with Crippen molar-refractivity contribution >= 4 is 6.03 Å². The number of carbonyl (C=O) groups is 1. The van der Waals surface area contributed by atoms with Crippen LogP contribution in [0.4, 0.5) is 4.79 Å². The molecule has 0 saturated carbocycles. The van der Waals surface area contributed by atoms with Crippen LogP contribution in [0.3, 0.4) is 0 Å². The van der Waals surface area contributed by atoms with Crippen molar-refractivity contribution in [1.82, 2.24) is 10.6 Å². The highest BCUT2D eigenvalue weighted by Crippen LogP contribution is 2.30. The molecule has 2 aromatic rings. The smallest absolute Gasteiger partial charge is 0.315 e. The van der Waals surface area contributed by atoms with Crippen molar-refractivity contribution in [2.24, 2.45) is 0 Å². The lowest BCUT2D eigenvalue weighted by Gasteiger charge is -2.17. The third kappa shape index (κ3) is 4.73. The summed E-state index contributed by atoms with van der Waals surface area (Å²) in [5, 5.41) is 15.7. The first-order valence-corrected chi connectivity index (χ1v) is 8.61. The Kier molecular flexibility index (Phi) is 5.56. The number of rotatable bonds is 6. The lowest BCUT2D eigenvalue weighted by Crippen LogP contribution is -2.42. The molecule has 0 heterocycles. The quantitative estimate of drug-likeness (QED) is 0.757. The van der Waals surface area contributed by atoms with E-state index in [9.17, 15) is 9.90 Å². The standard InChI is InChI=1S/C20H24N2O3/c1-14-5-4-7-17(11-14)25-13-16(23)12-21-20(24)22-19-10-9-15-6-2-3-8-18(15)19/h2-8,11,16,19,23H,9-10,12-13H2,1H3,(H2,21,22,24)/t16-,19+/m1/s1. The van der Waals surface area contributed by atoms with Crippen molar-refractivity contribution in [2.75, 3.05) is 13.2 Å². The Labute approximate surface area is 148 Å². The molecular weight excluding hydrogens is 316 g/mol. The Morgan fingerprint density at radius 1 is 1.28 bits per heavy atom. The predicted octanol–water partition coefficient (Wildman–Crippen LogP) is 2.72. The Morgan fingerprint density at radius 2 is 2.12 bits per heavy atom. The van der Waals surface area contributed by atoms with Gasteiger partial charge in [-0.25, -0.2) is 4.79 Å². The third-order valence-electron chi connectivity index (χ3n) is 4.37. The molecule has 0 spiro atoms. The van der Waals surface area contributed by atoms with E-state index in [1.807, 2.05) is 43.3 Å². The van der Waals surface area contributed by atoms with Crippen molar-refractivity contribution in [3.63, 3.8) is 0 Å². The van der Waals surface area contributed by atoms with Crippen LogP contribution in [-0.4, -0.2) is 30.4 Å². The molecule has 2 aromatic carbocycles. The van der Waals surface area contributed by atoms with Crippen LogP contribution >= 0.6 is 0 Å². The minimum absolute atomic E-state index is 0.0388. The number of amides is 2. The lowest BCUT2D eigenvalue weighted by molar-refractivity contribution is 0.107. The highest BCUT2D eigenvalue weighted by atomic mass is 16.5. The second kappa shape index (κ2) is 8.03. The molecule has 1 aliphatic rings. The number of carbonyl (C=O) groups excluding carboxylic acids is 1. The Bertz CT molecular complexity index is 732. The average molecular weight is 340 g/mol. The molecule has 25 heavy (non-hydrogen) atoms. The van der Waals surface area contributed by atoms with Crippen LogP contribution in [0.1, 0.15) is 29.2 Å². The first kappa shape index (κ1) is 17.3. The van der Waals surface area contributed by atoms with Gasteiger partial charge in [0.1, 0.15) is 18.5 Å². The zero-order valence-corrected chi connectivity index (χ0v) is 14.4. The maximum Gasteiger partial charge on any atom is 0.315 e. The van der Waals surface area contributed by atoms with Gasteiger partial charge in [-0.3, -0.25) is 0 Å². The normalized spacial score (nSPS) is 16.8. The van der Waals surface area contributed by atoms with E-state index in [2.05, 4.69) is 22.8 Å². The fraction of sp³-hybridized carbons (Fsp3) is 0.350. The van der Waals surface area contributed by atoms with Gasteiger partial charge in [0.15, 0.2) is 0 Å². The highest BCUT2D eigenvalue weighted by Gasteiger charge is 2.23. The van der Waals surface area contributed by atoms with Gasteiger partial charge in [0.2, 0.25) is 0 Å². The number of aryl methyl sites for hydroxylation is 2. The summed E-state index contributed by atoms with van der Waals surface area (Å²) in [6, 6.07) is 15.6. The number of ether oxygens (including phenoxy) is 1. The van der Waals surface area contributed by atoms with Crippen molar-refractivity contribution < 1.29 is 14.6 Å². The fourth-order valence-corrected chi connectivity index (χ4v) is 3.08. The summed E-state index contributed by atoms with van der Waals surface area (Å²) >= 11 is 0. The van der Waals surface area contributed by atoms with E-state index < -0.39 is 6.10 Å². The summed E-state index contributed by atoms with van der Waals surface area (Å²) in [5.74, 6) is 0.714. The number of aliphatic hydroxyl groups excluding tert-OH is 1. The fourth-order valence-electron chi connectivity index (χ4n) is 3.08. The van der Waals surface area contributed by atoms with Gasteiger partial charge in [0.25, 0.3) is 0 Å². The predicted molar refractivity (Wildman–Crippen MR) is 96.7 cm³/mol. The molecule has 0 aromatic heterocycles. The second-order valence-electron chi connectivity index (χ2n) is 6.43. The summed E-state index contributed by atoms with van der Waals surface area (Å²) in [4.78, 5) is 12.1. The number of fused-ring (bicyclic) bond motifs is 1. The van der Waals surface area contributed by atoms with E-state index in [0.29, 0.717) is 5.75 Å². The average Bonchev–Trinajstić information content (AvgIpc) is 3.01. The summed E-state index contributed by atoms with van der Waals surface area (Å²) < 4.78 is 5.54. The SMILES string of the molecule is Cc1cccc(OC[C@H](O)CNC(=O)N[C@H]2CCc3ccccc32)c1. The summed E-state index contributed by atoms with van der Waals surface area (Å²) in [5.41, 5.74) is 3.57. The van der Waals surface area contributed by atoms with Gasteiger partial charge in [0.05, 0.1) is 6.04 Å². The molecule has 5 nitrogen and oxygen atoms in total. The minimum atomic E-state index is -0.762. The summed E-state index contributed by atoms with van der Waals surface area (Å²) in [6.07, 6.45) is 1.13. The van der Waals surface area contributed by atoms with Crippen LogP contribution in [0.2, 0.25) is 0 Å². The van der Waals surface area contributed by atoms with E-state index >= 15 is 0 Å². The number of nitrogens with one attached hydrogen (secondary N) is 2. The Morgan fingerprint density at radius 3 is 2.96 bits per heavy atom. The molecule has 0 saturated heterocycles. The largest absolute Gasteiger partial charge is 0.491 e. The molecule has 2 amide bonds. The van der Waals surface area contributed by atoms with Gasteiger partial charge >= 0.3 is 6.03 Å². The topological polar surface area (TPSA) is 70.6 Å². The van der Waals surface area contributed by atoms with Gasteiger partial charge in [-0.2, -0.15) is 0 Å². The van der Waals surface area contributed by atoms with Crippen LogP contribution in [-0.2, 0) is 6.42 Å². The highest BCUT2D eigenvalue weighted by molar-refractivity contribution is 5.74. The number of urea groups is 1. The molecule has 132 valence electrons. The zero-order valence-electron chi connectivity index (χ0n) is 14.4. The molecule has 3 N–H and O–H groups in total. The van der Waals surface area contributed by atoms with E-state index in [1.165, 1.54) is 11.1 Å². The Balaban J connectivity index is 1.40. The minimum Gasteiger partial charge on any atom is -0.491 e. The number of benzene rings is 2. The summed E-state index contributed by atoms with van der Waals surface area (Å²) in [7, 11) is 0. The molecular formula is C20H24N2O3. The molecule has 0 bridgehead atoms. The maximum absolute atomic E-state index is 12.1. The summed E-state index contributed by atoms with van der Waals surface area (Å²) in [6.45, 7) is 2.26. The molecule has 0 aliphatic heterocycles. The zero-order chi connectivity index (χ0) is 17.6. The molecule has 0 fully saturated rings. The number of aliphatic hydroxyl groups is 1. The van der Waals surface area contributed by atoms with Crippen molar-refractivity contribution in [2.45, 2.75) is 31.9 Å².